The van der Waals surface area contributed by atoms with Crippen LogP contribution >= 0.6 is 0 Å². The molecule has 1 saturated heterocycles. The Kier molecular flexibility index (Phi) is 6.87. The summed E-state index contributed by atoms with van der Waals surface area (Å²) >= 11 is 0. The summed E-state index contributed by atoms with van der Waals surface area (Å²) in [6, 6.07) is 0.127. The van der Waals surface area contributed by atoms with Crippen LogP contribution in [0.4, 0.5) is 9.59 Å². The van der Waals surface area contributed by atoms with E-state index in [9.17, 15) is 19.5 Å². The Bertz CT molecular complexity index is 512. The lowest BCUT2D eigenvalue weighted by molar-refractivity contribution is -0.141. The molecule has 0 spiro atoms. The third-order valence-electron chi connectivity index (χ3n) is 3.68. The number of rotatable bonds is 5. The molecule has 9 heteroatoms. The molecule has 0 bridgehead atoms. The van der Waals surface area contributed by atoms with Crippen LogP contribution in [0.15, 0.2) is 0 Å². The highest BCUT2D eigenvalue weighted by Crippen LogP contribution is 2.21. The maximum Gasteiger partial charge on any atom is 0.410 e. The first-order valence-corrected chi connectivity index (χ1v) is 12.1. The van der Waals surface area contributed by atoms with Crippen LogP contribution in [0.2, 0.25) is 25.7 Å². The average Bonchev–Trinajstić information content (AvgIpc) is 2.79. The number of aliphatic carboxylic acids is 1. The highest BCUT2D eigenvalue weighted by atomic mass is 28.3. The highest BCUT2D eigenvalue weighted by molar-refractivity contribution is 6.76. The number of carboxylic acid groups (broad SMARTS) is 1. The van der Waals surface area contributed by atoms with E-state index in [-0.39, 0.29) is 13.1 Å². The molecule has 0 aliphatic carbocycles. The summed E-state index contributed by atoms with van der Waals surface area (Å²) in [5, 5.41) is 11.9. The Hall–Kier alpha value is -1.77. The van der Waals surface area contributed by atoms with Gasteiger partial charge in [-0.05, 0) is 26.8 Å². The smallest absolute Gasteiger partial charge is 0.410 e. The lowest BCUT2D eigenvalue weighted by Crippen LogP contribution is -2.44. The van der Waals surface area contributed by atoms with E-state index in [0.29, 0.717) is 6.61 Å². The van der Waals surface area contributed by atoms with Crippen LogP contribution in [0.5, 0.6) is 0 Å². The van der Waals surface area contributed by atoms with E-state index in [1.165, 1.54) is 4.90 Å². The summed E-state index contributed by atoms with van der Waals surface area (Å²) in [7, 11) is -1.32. The highest BCUT2D eigenvalue weighted by Gasteiger charge is 2.42. The van der Waals surface area contributed by atoms with E-state index in [4.69, 9.17) is 9.47 Å². The zero-order chi connectivity index (χ0) is 19.4. The number of amides is 2. The van der Waals surface area contributed by atoms with E-state index >= 15 is 0 Å². The molecule has 0 aromatic heterocycles. The quantitative estimate of drug-likeness (QED) is 0.716. The van der Waals surface area contributed by atoms with Gasteiger partial charge in [0.15, 0.2) is 0 Å². The van der Waals surface area contributed by atoms with Gasteiger partial charge in [0, 0.05) is 21.2 Å². The van der Waals surface area contributed by atoms with Crippen LogP contribution < -0.4 is 5.32 Å². The average molecular weight is 375 g/mol. The number of hydrogen-bond donors (Lipinski definition) is 2. The fraction of sp³-hybridized carbons (Fsp3) is 0.812. The van der Waals surface area contributed by atoms with Crippen molar-refractivity contribution in [1.29, 1.82) is 0 Å². The lowest BCUT2D eigenvalue weighted by atomic mass is 10.0. The Balaban J connectivity index is 2.60. The molecular formula is C16H30N2O6Si. The van der Waals surface area contributed by atoms with Crippen molar-refractivity contribution in [3.63, 3.8) is 0 Å². The standard InChI is InChI=1S/C16H30N2O6Si/c1-16(2,3)24-15(22)18-9-11(13(19)20)12(10-18)17-14(21)23-7-8-25(4,5)6/h11-12H,7-10H2,1-6H3,(H,17,21)(H,19,20). The molecule has 0 radical (unpaired) electrons. The van der Waals surface area contributed by atoms with Crippen molar-refractivity contribution in [3.8, 4) is 0 Å². The molecule has 0 saturated carbocycles. The first-order valence-electron chi connectivity index (χ1n) is 8.42. The summed E-state index contributed by atoms with van der Waals surface area (Å²) in [4.78, 5) is 36.8. The summed E-state index contributed by atoms with van der Waals surface area (Å²) in [6.45, 7) is 12.1. The predicted octanol–water partition coefficient (Wildman–Crippen LogP) is 2.37. The maximum atomic E-state index is 12.1. The van der Waals surface area contributed by atoms with Crippen LogP contribution in [0.25, 0.3) is 0 Å². The summed E-state index contributed by atoms with van der Waals surface area (Å²) < 4.78 is 10.4. The van der Waals surface area contributed by atoms with Crippen molar-refractivity contribution in [2.45, 2.75) is 58.1 Å². The zero-order valence-electron chi connectivity index (χ0n) is 15.9. The third kappa shape index (κ3) is 7.76. The monoisotopic (exact) mass is 374 g/mol. The molecule has 2 unspecified atom stereocenters. The van der Waals surface area contributed by atoms with Crippen molar-refractivity contribution >= 4 is 26.2 Å². The molecule has 1 fully saturated rings. The molecule has 1 aliphatic rings. The molecule has 0 aromatic carbocycles. The van der Waals surface area contributed by atoms with Gasteiger partial charge in [-0.3, -0.25) is 4.79 Å². The van der Waals surface area contributed by atoms with Crippen molar-refractivity contribution in [3.05, 3.63) is 0 Å². The van der Waals surface area contributed by atoms with E-state index < -0.39 is 43.8 Å². The first kappa shape index (κ1) is 21.3. The van der Waals surface area contributed by atoms with Crippen molar-refractivity contribution in [2.24, 2.45) is 5.92 Å². The number of ether oxygens (including phenoxy) is 2. The van der Waals surface area contributed by atoms with Gasteiger partial charge in [-0.2, -0.15) is 0 Å². The molecule has 1 heterocycles. The molecule has 0 aromatic rings. The van der Waals surface area contributed by atoms with E-state index in [2.05, 4.69) is 25.0 Å². The molecule has 2 N–H and O–H groups in total. The van der Waals surface area contributed by atoms with Gasteiger partial charge in [0.25, 0.3) is 0 Å². The summed E-state index contributed by atoms with van der Waals surface area (Å²) in [5.74, 6) is -1.96. The molecule has 2 amide bonds. The van der Waals surface area contributed by atoms with Crippen molar-refractivity contribution in [1.82, 2.24) is 10.2 Å². The minimum Gasteiger partial charge on any atom is -0.481 e. The first-order chi connectivity index (χ1) is 11.3. The van der Waals surface area contributed by atoms with Gasteiger partial charge in [-0.25, -0.2) is 9.59 Å². The van der Waals surface area contributed by atoms with Crippen molar-refractivity contribution in [2.75, 3.05) is 19.7 Å². The lowest BCUT2D eigenvalue weighted by Gasteiger charge is -2.24. The van der Waals surface area contributed by atoms with Gasteiger partial charge in [0.2, 0.25) is 0 Å². The molecule has 2 atom stereocenters. The minimum absolute atomic E-state index is 0.00982. The van der Waals surface area contributed by atoms with Gasteiger partial charge >= 0.3 is 18.2 Å². The molecular weight excluding hydrogens is 344 g/mol. The second-order valence-electron chi connectivity index (χ2n) is 8.53. The second kappa shape index (κ2) is 8.07. The minimum atomic E-state index is -1.32. The van der Waals surface area contributed by atoms with E-state index in [1.54, 1.807) is 20.8 Å². The Morgan fingerprint density at radius 1 is 1.20 bits per heavy atom. The zero-order valence-corrected chi connectivity index (χ0v) is 16.9. The third-order valence-corrected chi connectivity index (χ3v) is 5.38. The van der Waals surface area contributed by atoms with Gasteiger partial charge in [-0.1, -0.05) is 19.6 Å². The normalized spacial score (nSPS) is 21.0. The van der Waals surface area contributed by atoms with Crippen molar-refractivity contribution < 1.29 is 29.0 Å². The topological polar surface area (TPSA) is 105 Å². The number of nitrogens with one attached hydrogen (secondary N) is 1. The maximum absolute atomic E-state index is 12.1. The number of hydrogen-bond acceptors (Lipinski definition) is 5. The summed E-state index contributed by atoms with van der Waals surface area (Å²) in [6.07, 6.45) is -1.24. The molecule has 144 valence electrons. The Morgan fingerprint density at radius 2 is 1.80 bits per heavy atom. The predicted molar refractivity (Wildman–Crippen MR) is 95.4 cm³/mol. The fourth-order valence-electron chi connectivity index (χ4n) is 2.32. The second-order valence-corrected chi connectivity index (χ2v) is 14.1. The van der Waals surface area contributed by atoms with Crippen LogP contribution in [-0.4, -0.2) is 67.6 Å². The van der Waals surface area contributed by atoms with E-state index in [1.807, 2.05) is 0 Å². The molecule has 1 rings (SSSR count). The van der Waals surface area contributed by atoms with Gasteiger partial charge in [0.05, 0.1) is 18.6 Å². The van der Waals surface area contributed by atoms with Crippen LogP contribution in [0, 0.1) is 5.92 Å². The SMILES string of the molecule is CC(C)(C)OC(=O)N1CC(NC(=O)OCC[Si](C)(C)C)C(C(=O)O)C1. The van der Waals surface area contributed by atoms with Gasteiger partial charge < -0.3 is 24.8 Å². The number of carbonyl (C=O) groups excluding carboxylic acids is 2. The van der Waals surface area contributed by atoms with Crippen LogP contribution in [0.3, 0.4) is 0 Å². The number of likely N-dealkylation sites (tertiary alicyclic amines) is 1. The molecule has 1 aliphatic heterocycles. The van der Waals surface area contributed by atoms with Crippen LogP contribution in [-0.2, 0) is 14.3 Å². The van der Waals surface area contributed by atoms with Gasteiger partial charge in [-0.15, -0.1) is 0 Å². The number of carbonyl (C=O) groups is 3. The molecule has 8 nitrogen and oxygen atoms in total. The van der Waals surface area contributed by atoms with Crippen LogP contribution in [0.1, 0.15) is 20.8 Å². The summed E-state index contributed by atoms with van der Waals surface area (Å²) in [5.41, 5.74) is -0.670. The fourth-order valence-corrected chi connectivity index (χ4v) is 3.03. The number of carboxylic acids is 1. The Morgan fingerprint density at radius 3 is 2.28 bits per heavy atom. The Labute approximate surface area is 149 Å². The number of nitrogens with zero attached hydrogens (tertiary/aromatic N) is 1. The van der Waals surface area contributed by atoms with Gasteiger partial charge in [0.1, 0.15) is 5.60 Å². The van der Waals surface area contributed by atoms with E-state index in [0.717, 1.165) is 6.04 Å². The molecule has 25 heavy (non-hydrogen) atoms. The largest absolute Gasteiger partial charge is 0.481 e. The number of alkyl carbamates (subject to hydrolysis) is 1.